The molecule has 1 aromatic carbocycles. The van der Waals surface area contributed by atoms with E-state index in [1.54, 1.807) is 0 Å². The van der Waals surface area contributed by atoms with Gasteiger partial charge in [-0.05, 0) is 30.5 Å². The van der Waals surface area contributed by atoms with Gasteiger partial charge in [-0.15, -0.1) is 37.2 Å². The van der Waals surface area contributed by atoms with Crippen LogP contribution in [0.5, 0.6) is 0 Å². The molecule has 0 aliphatic carbocycles. The summed E-state index contributed by atoms with van der Waals surface area (Å²) in [4.78, 5) is 17.5. The van der Waals surface area contributed by atoms with Gasteiger partial charge in [-0.2, -0.15) is 0 Å². The van der Waals surface area contributed by atoms with E-state index >= 15 is 0 Å². The van der Waals surface area contributed by atoms with Gasteiger partial charge in [0.25, 0.3) is 0 Å². The minimum Gasteiger partial charge on any atom is -0.381 e. The first-order valence-corrected chi connectivity index (χ1v) is 9.77. The zero-order chi connectivity index (χ0) is 18.4. The van der Waals surface area contributed by atoms with Crippen LogP contribution < -0.4 is 11.1 Å². The Balaban J connectivity index is 0.00000261. The summed E-state index contributed by atoms with van der Waals surface area (Å²) in [6.45, 7) is 10.4. The molecule has 0 atom stereocenters. The van der Waals surface area contributed by atoms with Crippen molar-refractivity contribution in [1.29, 1.82) is 0 Å². The summed E-state index contributed by atoms with van der Waals surface area (Å²) in [5, 5.41) is 3.06. The van der Waals surface area contributed by atoms with E-state index in [4.69, 9.17) is 10.5 Å². The van der Waals surface area contributed by atoms with Gasteiger partial charge in [0.15, 0.2) is 0 Å². The molecule has 6 nitrogen and oxygen atoms in total. The number of amides is 1. The second-order valence-electron chi connectivity index (χ2n) is 7.43. The predicted octanol–water partition coefficient (Wildman–Crippen LogP) is 2.21. The Morgan fingerprint density at radius 2 is 1.59 bits per heavy atom. The Kier molecular flexibility index (Phi) is 13.4. The standard InChI is InChI=1S/C20H32N4O2.3ClH/c1-2-23-9-11-24(12-10-23)16-18-6-4-3-5-17(18)15-22-19(25)20(21)7-13-26-14-8-20;;;/h3-6H,2,7-16,21H2,1H3,(H,22,25);3*1H. The average molecular weight is 470 g/mol. The van der Waals surface area contributed by atoms with Crippen molar-refractivity contribution >= 4 is 43.1 Å². The maximum absolute atomic E-state index is 12.6. The number of benzene rings is 1. The molecule has 2 aliphatic heterocycles. The molecule has 3 N–H and O–H groups in total. The van der Waals surface area contributed by atoms with Crippen LogP contribution in [0.25, 0.3) is 0 Å². The fourth-order valence-corrected chi connectivity index (χ4v) is 3.70. The highest BCUT2D eigenvalue weighted by Gasteiger charge is 2.35. The molecule has 0 saturated carbocycles. The molecule has 168 valence electrons. The van der Waals surface area contributed by atoms with Crippen molar-refractivity contribution < 1.29 is 9.53 Å². The highest BCUT2D eigenvalue weighted by Crippen LogP contribution is 2.19. The highest BCUT2D eigenvalue weighted by molar-refractivity contribution is 5.86. The van der Waals surface area contributed by atoms with Crippen molar-refractivity contribution in [2.75, 3.05) is 45.9 Å². The molecule has 0 radical (unpaired) electrons. The third-order valence-corrected chi connectivity index (χ3v) is 5.70. The molecule has 0 unspecified atom stereocenters. The van der Waals surface area contributed by atoms with E-state index < -0.39 is 5.54 Å². The first-order chi connectivity index (χ1) is 12.6. The number of nitrogens with two attached hydrogens (primary N) is 1. The predicted molar refractivity (Wildman–Crippen MR) is 124 cm³/mol. The third-order valence-electron chi connectivity index (χ3n) is 5.70. The monoisotopic (exact) mass is 468 g/mol. The van der Waals surface area contributed by atoms with E-state index in [9.17, 15) is 4.79 Å². The summed E-state index contributed by atoms with van der Waals surface area (Å²) in [7, 11) is 0. The first kappa shape index (κ1) is 28.4. The van der Waals surface area contributed by atoms with Crippen molar-refractivity contribution in [2.45, 2.75) is 38.4 Å². The van der Waals surface area contributed by atoms with Gasteiger partial charge < -0.3 is 20.7 Å². The molecule has 0 spiro atoms. The van der Waals surface area contributed by atoms with Gasteiger partial charge in [0, 0.05) is 52.5 Å². The van der Waals surface area contributed by atoms with Crippen LogP contribution in [0.1, 0.15) is 30.9 Å². The van der Waals surface area contributed by atoms with E-state index in [2.05, 4.69) is 40.2 Å². The van der Waals surface area contributed by atoms with Crippen LogP contribution >= 0.6 is 37.2 Å². The van der Waals surface area contributed by atoms with Crippen LogP contribution in [0.15, 0.2) is 24.3 Å². The van der Waals surface area contributed by atoms with Crippen LogP contribution in [-0.4, -0.2) is 67.2 Å². The van der Waals surface area contributed by atoms with Gasteiger partial charge in [0.1, 0.15) is 0 Å². The SMILES string of the molecule is CCN1CCN(Cc2ccccc2CNC(=O)C2(N)CCOCC2)CC1.Cl.Cl.Cl. The normalized spacial score (nSPS) is 19.2. The van der Waals surface area contributed by atoms with Crippen LogP contribution in [0.2, 0.25) is 0 Å². The van der Waals surface area contributed by atoms with Crippen LogP contribution in [0.4, 0.5) is 0 Å². The topological polar surface area (TPSA) is 70.8 Å². The summed E-state index contributed by atoms with van der Waals surface area (Å²) in [5.74, 6) is -0.0628. The van der Waals surface area contributed by atoms with Crippen LogP contribution in [0.3, 0.4) is 0 Å². The number of halogens is 3. The number of piperazine rings is 1. The van der Waals surface area contributed by atoms with Crippen molar-refractivity contribution in [3.05, 3.63) is 35.4 Å². The summed E-state index contributed by atoms with van der Waals surface area (Å²) in [5.41, 5.74) is 7.95. The highest BCUT2D eigenvalue weighted by atomic mass is 35.5. The lowest BCUT2D eigenvalue weighted by Crippen LogP contribution is -2.56. The number of rotatable bonds is 6. The largest absolute Gasteiger partial charge is 0.381 e. The van der Waals surface area contributed by atoms with Crippen molar-refractivity contribution in [3.8, 4) is 0 Å². The summed E-state index contributed by atoms with van der Waals surface area (Å²) < 4.78 is 5.33. The molecular formula is C20H35Cl3N4O2. The van der Waals surface area contributed by atoms with Gasteiger partial charge >= 0.3 is 0 Å². The number of hydrogen-bond acceptors (Lipinski definition) is 5. The quantitative estimate of drug-likeness (QED) is 0.668. The molecule has 0 aromatic heterocycles. The smallest absolute Gasteiger partial charge is 0.240 e. The molecule has 2 aliphatic rings. The maximum atomic E-state index is 12.6. The van der Waals surface area contributed by atoms with Crippen LogP contribution in [-0.2, 0) is 22.6 Å². The second kappa shape index (κ2) is 13.7. The first-order valence-electron chi connectivity index (χ1n) is 9.77. The van der Waals surface area contributed by atoms with E-state index in [1.165, 1.54) is 11.1 Å². The maximum Gasteiger partial charge on any atom is 0.240 e. The molecule has 2 heterocycles. The number of ether oxygens (including phenoxy) is 1. The zero-order valence-electron chi connectivity index (χ0n) is 17.1. The van der Waals surface area contributed by atoms with E-state index in [-0.39, 0.29) is 43.1 Å². The van der Waals surface area contributed by atoms with Gasteiger partial charge in [-0.3, -0.25) is 9.69 Å². The molecule has 3 rings (SSSR count). The van der Waals surface area contributed by atoms with Gasteiger partial charge in [-0.25, -0.2) is 0 Å². The molecular weight excluding hydrogens is 435 g/mol. The minimum absolute atomic E-state index is 0. The molecule has 9 heteroatoms. The number of nitrogens with zero attached hydrogens (tertiary/aromatic N) is 2. The lowest BCUT2D eigenvalue weighted by molar-refractivity contribution is -0.129. The number of likely N-dealkylation sites (N-methyl/N-ethyl adjacent to an activating group) is 1. The molecule has 29 heavy (non-hydrogen) atoms. The Morgan fingerprint density at radius 3 is 2.17 bits per heavy atom. The van der Waals surface area contributed by atoms with Crippen LogP contribution in [0, 0.1) is 0 Å². The van der Waals surface area contributed by atoms with E-state index in [0.29, 0.717) is 32.6 Å². The summed E-state index contributed by atoms with van der Waals surface area (Å²) in [6, 6.07) is 8.38. The fraction of sp³-hybridized carbons (Fsp3) is 0.650. The fourth-order valence-electron chi connectivity index (χ4n) is 3.70. The molecule has 2 saturated heterocycles. The molecule has 0 bridgehead atoms. The van der Waals surface area contributed by atoms with Gasteiger partial charge in [-0.1, -0.05) is 31.2 Å². The lowest BCUT2D eigenvalue weighted by Gasteiger charge is -2.34. The van der Waals surface area contributed by atoms with E-state index in [1.807, 2.05) is 6.07 Å². The Hall–Kier alpha value is -0.600. The average Bonchev–Trinajstić information content (AvgIpc) is 2.68. The Labute approximate surface area is 193 Å². The zero-order valence-corrected chi connectivity index (χ0v) is 19.6. The van der Waals surface area contributed by atoms with E-state index in [0.717, 1.165) is 39.3 Å². The van der Waals surface area contributed by atoms with Gasteiger partial charge in [0.05, 0.1) is 5.54 Å². The van der Waals surface area contributed by atoms with Crippen molar-refractivity contribution in [3.63, 3.8) is 0 Å². The van der Waals surface area contributed by atoms with Crippen molar-refractivity contribution in [2.24, 2.45) is 5.73 Å². The Morgan fingerprint density at radius 1 is 1.03 bits per heavy atom. The third kappa shape index (κ3) is 7.87. The van der Waals surface area contributed by atoms with Crippen molar-refractivity contribution in [1.82, 2.24) is 15.1 Å². The number of hydrogen-bond donors (Lipinski definition) is 2. The summed E-state index contributed by atoms with van der Waals surface area (Å²) >= 11 is 0. The molecule has 1 aromatic rings. The minimum atomic E-state index is -0.788. The number of nitrogens with one attached hydrogen (secondary N) is 1. The lowest BCUT2D eigenvalue weighted by atomic mass is 9.90. The molecule has 1 amide bonds. The summed E-state index contributed by atoms with van der Waals surface area (Å²) in [6.07, 6.45) is 1.17. The number of carbonyl (C=O) groups is 1. The van der Waals surface area contributed by atoms with Gasteiger partial charge in [0.2, 0.25) is 5.91 Å². The second-order valence-corrected chi connectivity index (χ2v) is 7.43. The Bertz CT molecular complexity index is 607. The number of carbonyl (C=O) groups excluding carboxylic acids is 1. The molecule has 2 fully saturated rings.